The summed E-state index contributed by atoms with van der Waals surface area (Å²) in [6, 6.07) is 0. The molecule has 0 fully saturated rings. The molecule has 15 heavy (non-hydrogen) atoms. The van der Waals surface area contributed by atoms with Crippen LogP contribution in [0.25, 0.3) is 10.4 Å². The monoisotopic (exact) mass is 215 g/mol. The van der Waals surface area contributed by atoms with Crippen molar-refractivity contribution in [3.8, 4) is 0 Å². The van der Waals surface area contributed by atoms with E-state index < -0.39 is 12.1 Å². The third-order valence-electron chi connectivity index (χ3n) is 1.40. The van der Waals surface area contributed by atoms with Gasteiger partial charge >= 0.3 is 5.97 Å². The largest absolute Gasteiger partial charge is 0.377 e. The highest BCUT2D eigenvalue weighted by molar-refractivity contribution is 5.84. The number of hydrogen-bond donors (Lipinski definition) is 3. The van der Waals surface area contributed by atoms with Crippen molar-refractivity contribution in [2.45, 2.75) is 12.6 Å². The summed E-state index contributed by atoms with van der Waals surface area (Å²) in [5.74, 6) is 4.35. The number of nitrogens with two attached hydrogens (primary N) is 2. The summed E-state index contributed by atoms with van der Waals surface area (Å²) in [4.78, 5) is 21.1. The predicted molar refractivity (Wildman–Crippen MR) is 53.4 cm³/mol. The molecule has 84 valence electrons. The molecule has 0 rings (SSSR count). The predicted octanol–water partition coefficient (Wildman–Crippen LogP) is -0.994. The Morgan fingerprint density at radius 1 is 1.73 bits per heavy atom. The molecule has 0 amide bonds. The van der Waals surface area contributed by atoms with Crippen LogP contribution in [0.3, 0.4) is 0 Å². The molecule has 1 atom stereocenters. The highest BCUT2D eigenvalue weighted by atomic mass is 16.7. The highest BCUT2D eigenvalue weighted by Gasteiger charge is 2.09. The average molecular weight is 215 g/mol. The molecule has 0 aromatic carbocycles. The number of nitrogens with one attached hydrogen (secondary N) is 1. The zero-order valence-electron chi connectivity index (χ0n) is 8.25. The number of nitrogens with zero attached hydrogens (tertiary/aromatic N) is 4. The Kier molecular flexibility index (Phi) is 6.64. The molecule has 0 aromatic rings. The Morgan fingerprint density at radius 2 is 2.40 bits per heavy atom. The molecule has 0 saturated carbocycles. The number of likely N-dealkylation sites (N-methyl/N-ethyl adjacent to an activating group) is 1. The maximum Gasteiger partial charge on any atom is 0.327 e. The van der Waals surface area contributed by atoms with Crippen LogP contribution in [0.2, 0.25) is 0 Å². The number of carbonyl (C=O) groups excluding carboxylic acids is 1. The van der Waals surface area contributed by atoms with Crippen molar-refractivity contribution >= 4 is 11.8 Å². The van der Waals surface area contributed by atoms with Gasteiger partial charge in [-0.25, -0.2) is 0 Å². The van der Waals surface area contributed by atoms with E-state index in [0.717, 1.165) is 0 Å². The molecule has 0 saturated heterocycles. The molecule has 0 aliphatic carbocycles. The second-order valence-corrected chi connectivity index (χ2v) is 2.48. The minimum Gasteiger partial charge on any atom is -0.377 e. The lowest BCUT2D eigenvalue weighted by Gasteiger charge is -2.07. The van der Waals surface area contributed by atoms with Gasteiger partial charge in [-0.1, -0.05) is 5.11 Å². The van der Waals surface area contributed by atoms with Crippen LogP contribution in [0.5, 0.6) is 0 Å². The van der Waals surface area contributed by atoms with Crippen LogP contribution in [-0.4, -0.2) is 31.6 Å². The van der Waals surface area contributed by atoms with E-state index in [1.165, 1.54) is 0 Å². The van der Waals surface area contributed by atoms with E-state index in [2.05, 4.69) is 31.1 Å². The molecular formula is C6H13N7O2. The van der Waals surface area contributed by atoms with Crippen LogP contribution in [0.4, 0.5) is 0 Å². The summed E-state index contributed by atoms with van der Waals surface area (Å²) in [6.07, 6.45) is -0.921. The van der Waals surface area contributed by atoms with Gasteiger partial charge < -0.3 is 15.9 Å². The number of rotatable bonds is 5. The van der Waals surface area contributed by atoms with Gasteiger partial charge in [-0.15, -0.1) is 0 Å². The number of aliphatic imine (C=N–C) groups is 1. The molecule has 0 aliphatic rings. The van der Waals surface area contributed by atoms with Crippen molar-refractivity contribution in [1.29, 1.82) is 0 Å². The molecule has 9 nitrogen and oxygen atoms in total. The van der Waals surface area contributed by atoms with Crippen molar-refractivity contribution in [3.05, 3.63) is 10.4 Å². The minimum absolute atomic E-state index is 0.0401. The fraction of sp³-hybridized carbons (Fsp3) is 0.667. The topological polar surface area (TPSA) is 151 Å². The Balaban J connectivity index is 4.27. The quantitative estimate of drug-likeness (QED) is 0.134. The third kappa shape index (κ3) is 6.27. The molecule has 5 N–H and O–H groups in total. The molecule has 0 aliphatic heterocycles. The van der Waals surface area contributed by atoms with Crippen LogP contribution in [0, 0.1) is 0 Å². The highest BCUT2D eigenvalue weighted by Crippen LogP contribution is 1.92. The standard InChI is InChI=1S/C6H13N7O2/c1-10-5(3-11-13-8)12-4(7)2-6(14)15-9/h4H,2-3,7,9H2,1H3,(H,10,12). The molecule has 0 heterocycles. The average Bonchev–Trinajstić information content (AvgIpc) is 2.23. The molecule has 0 radical (unpaired) electrons. The molecule has 1 unspecified atom stereocenters. The van der Waals surface area contributed by atoms with Gasteiger partial charge in [-0.2, -0.15) is 5.90 Å². The van der Waals surface area contributed by atoms with E-state index in [1.807, 2.05) is 0 Å². The molecule has 0 bridgehead atoms. The second-order valence-electron chi connectivity index (χ2n) is 2.48. The fourth-order valence-electron chi connectivity index (χ4n) is 0.748. The van der Waals surface area contributed by atoms with Crippen molar-refractivity contribution in [2.75, 3.05) is 13.6 Å². The summed E-state index contributed by atoms with van der Waals surface area (Å²) in [7, 11) is 1.60. The van der Waals surface area contributed by atoms with Gasteiger partial charge in [0.15, 0.2) is 0 Å². The van der Waals surface area contributed by atoms with E-state index in [1.54, 1.807) is 7.05 Å². The van der Waals surface area contributed by atoms with Gasteiger partial charge in [0.1, 0.15) is 12.0 Å². The zero-order chi connectivity index (χ0) is 11.7. The van der Waals surface area contributed by atoms with Gasteiger partial charge in [0.25, 0.3) is 0 Å². The number of azide groups is 1. The summed E-state index contributed by atoms with van der Waals surface area (Å²) >= 11 is 0. The third-order valence-corrected chi connectivity index (χ3v) is 1.40. The summed E-state index contributed by atoms with van der Waals surface area (Å²) in [6.45, 7) is 0.0401. The summed E-state index contributed by atoms with van der Waals surface area (Å²) in [5.41, 5.74) is 13.6. The lowest BCUT2D eigenvalue weighted by atomic mass is 10.3. The van der Waals surface area contributed by atoms with Gasteiger partial charge in [0.2, 0.25) is 0 Å². The van der Waals surface area contributed by atoms with Crippen molar-refractivity contribution in [1.82, 2.24) is 5.32 Å². The molecule has 0 spiro atoms. The summed E-state index contributed by atoms with van der Waals surface area (Å²) < 4.78 is 0. The number of carbonyl (C=O) groups is 1. The number of hydrogen-bond acceptors (Lipinski definition) is 6. The first-order valence-electron chi connectivity index (χ1n) is 4.04. The van der Waals surface area contributed by atoms with E-state index in [-0.39, 0.29) is 13.0 Å². The Bertz CT molecular complexity index is 283. The lowest BCUT2D eigenvalue weighted by molar-refractivity contribution is -0.144. The fourth-order valence-corrected chi connectivity index (χ4v) is 0.748. The van der Waals surface area contributed by atoms with Crippen molar-refractivity contribution in [3.63, 3.8) is 0 Å². The van der Waals surface area contributed by atoms with Crippen LogP contribution in [0.15, 0.2) is 10.1 Å². The maximum atomic E-state index is 10.7. The second kappa shape index (κ2) is 7.56. The summed E-state index contributed by atoms with van der Waals surface area (Å²) in [5, 5.41) is 5.97. The minimum atomic E-state index is -0.780. The zero-order valence-corrected chi connectivity index (χ0v) is 8.25. The van der Waals surface area contributed by atoms with Gasteiger partial charge in [0, 0.05) is 12.0 Å². The van der Waals surface area contributed by atoms with E-state index in [9.17, 15) is 4.79 Å². The Labute approximate surface area is 86.1 Å². The van der Waals surface area contributed by atoms with Crippen LogP contribution >= 0.6 is 0 Å². The van der Waals surface area contributed by atoms with Gasteiger partial charge in [-0.05, 0) is 5.53 Å². The van der Waals surface area contributed by atoms with Crippen LogP contribution in [-0.2, 0) is 9.63 Å². The first-order valence-corrected chi connectivity index (χ1v) is 4.04. The van der Waals surface area contributed by atoms with Crippen LogP contribution in [0.1, 0.15) is 6.42 Å². The van der Waals surface area contributed by atoms with Crippen molar-refractivity contribution in [2.24, 2.45) is 21.7 Å². The maximum absolute atomic E-state index is 10.7. The van der Waals surface area contributed by atoms with Gasteiger partial charge in [-0.3, -0.25) is 9.79 Å². The van der Waals surface area contributed by atoms with Crippen molar-refractivity contribution < 1.29 is 9.63 Å². The molecular weight excluding hydrogens is 202 g/mol. The van der Waals surface area contributed by atoms with E-state index in [0.29, 0.717) is 5.84 Å². The van der Waals surface area contributed by atoms with E-state index >= 15 is 0 Å². The van der Waals surface area contributed by atoms with Crippen LogP contribution < -0.4 is 16.9 Å². The first kappa shape index (κ1) is 13.2. The Morgan fingerprint density at radius 3 is 2.87 bits per heavy atom. The molecule has 9 heteroatoms. The molecule has 0 aromatic heterocycles. The Hall–Kier alpha value is -1.83. The smallest absolute Gasteiger partial charge is 0.327 e. The van der Waals surface area contributed by atoms with E-state index in [4.69, 9.17) is 11.3 Å². The SMILES string of the molecule is CN/C(CN=[N+]=[N-])=N\C(N)CC(=O)ON. The lowest BCUT2D eigenvalue weighted by Crippen LogP contribution is -2.30. The first-order chi connectivity index (χ1) is 7.13. The normalized spacial score (nSPS) is 12.6. The number of amidine groups is 1. The van der Waals surface area contributed by atoms with Gasteiger partial charge in [0.05, 0.1) is 13.0 Å².